The van der Waals surface area contributed by atoms with Gasteiger partial charge < -0.3 is 20.1 Å². The molecule has 0 amide bonds. The van der Waals surface area contributed by atoms with E-state index >= 15 is 0 Å². The molecule has 0 aromatic carbocycles. The Bertz CT molecular complexity index is 939. The van der Waals surface area contributed by atoms with Crippen molar-refractivity contribution < 1.29 is 20.1 Å². The first-order chi connectivity index (χ1) is 17.9. The second kappa shape index (κ2) is 16.8. The van der Waals surface area contributed by atoms with Crippen LogP contribution < -0.4 is 11.2 Å². The van der Waals surface area contributed by atoms with Crippen molar-refractivity contribution in [1.82, 2.24) is 9.13 Å². The Balaban J connectivity index is 1.72. The first-order valence-corrected chi connectivity index (χ1v) is 14.2. The molecule has 0 spiro atoms. The molecule has 1 aliphatic rings. The van der Waals surface area contributed by atoms with Gasteiger partial charge in [0.05, 0.1) is 6.61 Å². The molecular formula is C29H48N2O6. The van der Waals surface area contributed by atoms with Crippen LogP contribution in [0.5, 0.6) is 0 Å². The second-order valence-electron chi connectivity index (χ2n) is 10.1. The molecule has 2 rings (SSSR count). The predicted octanol–water partition coefficient (Wildman–Crippen LogP) is 4.00. The maximum atomic E-state index is 13.1. The third-order valence-electron chi connectivity index (χ3n) is 7.28. The van der Waals surface area contributed by atoms with E-state index in [1.165, 1.54) is 76.1 Å². The van der Waals surface area contributed by atoms with E-state index in [2.05, 4.69) is 25.7 Å². The lowest BCUT2D eigenvalue weighted by molar-refractivity contribution is -0.115. The minimum Gasteiger partial charge on any atom is -0.394 e. The number of hydrogen-bond acceptors (Lipinski definition) is 6. The molecule has 1 aromatic heterocycles. The summed E-state index contributed by atoms with van der Waals surface area (Å²) in [6.45, 7) is 5.63. The summed E-state index contributed by atoms with van der Waals surface area (Å²) in [6, 6.07) is 1.24. The minimum absolute atomic E-state index is 0.259. The summed E-state index contributed by atoms with van der Waals surface area (Å²) in [5.41, 5.74) is -2.84. The van der Waals surface area contributed by atoms with Gasteiger partial charge in [0.1, 0.15) is 18.3 Å². The Labute approximate surface area is 221 Å². The first-order valence-electron chi connectivity index (χ1n) is 14.2. The molecular weight excluding hydrogens is 472 g/mol. The van der Waals surface area contributed by atoms with E-state index < -0.39 is 41.9 Å². The predicted molar refractivity (Wildman–Crippen MR) is 147 cm³/mol. The van der Waals surface area contributed by atoms with Crippen molar-refractivity contribution in [2.24, 2.45) is 0 Å². The van der Waals surface area contributed by atoms with Gasteiger partial charge in [-0.2, -0.15) is 0 Å². The zero-order valence-corrected chi connectivity index (χ0v) is 22.6. The van der Waals surface area contributed by atoms with Crippen LogP contribution in [0.1, 0.15) is 96.8 Å². The van der Waals surface area contributed by atoms with Crippen LogP contribution in [0.15, 0.2) is 46.7 Å². The van der Waals surface area contributed by atoms with E-state index in [0.29, 0.717) is 6.42 Å². The van der Waals surface area contributed by atoms with Gasteiger partial charge >= 0.3 is 5.69 Å². The third kappa shape index (κ3) is 8.77. The van der Waals surface area contributed by atoms with Gasteiger partial charge in [0.15, 0.2) is 5.72 Å². The molecule has 1 aromatic rings. The van der Waals surface area contributed by atoms with E-state index in [0.717, 1.165) is 34.8 Å². The lowest BCUT2D eigenvalue weighted by Gasteiger charge is -2.31. The summed E-state index contributed by atoms with van der Waals surface area (Å²) in [6.07, 6.45) is 19.5. The number of nitrogens with zero attached hydrogens (tertiary/aromatic N) is 2. The molecule has 1 aliphatic heterocycles. The molecule has 8 nitrogen and oxygen atoms in total. The molecule has 3 N–H and O–H groups in total. The topological polar surface area (TPSA) is 114 Å². The fourth-order valence-electron chi connectivity index (χ4n) is 4.95. The third-order valence-corrected chi connectivity index (χ3v) is 7.28. The van der Waals surface area contributed by atoms with E-state index in [9.17, 15) is 24.9 Å². The maximum absolute atomic E-state index is 13.1. The summed E-state index contributed by atoms with van der Waals surface area (Å²) in [4.78, 5) is 25.5. The monoisotopic (exact) mass is 520 g/mol. The Hall–Kier alpha value is -2.00. The molecule has 210 valence electrons. The lowest BCUT2D eigenvalue weighted by atomic mass is 10.0. The molecule has 8 heteroatoms. The summed E-state index contributed by atoms with van der Waals surface area (Å²) < 4.78 is 7.84. The molecule has 0 saturated carbocycles. The van der Waals surface area contributed by atoms with Crippen molar-refractivity contribution in [1.29, 1.82) is 0 Å². The van der Waals surface area contributed by atoms with Crippen molar-refractivity contribution in [3.63, 3.8) is 0 Å². The summed E-state index contributed by atoms with van der Waals surface area (Å²) >= 11 is 0. The quantitative estimate of drug-likeness (QED) is 0.188. The Morgan fingerprint density at radius 2 is 1.51 bits per heavy atom. The zero-order valence-electron chi connectivity index (χ0n) is 22.6. The molecule has 0 bridgehead atoms. The van der Waals surface area contributed by atoms with Crippen molar-refractivity contribution in [2.75, 3.05) is 6.61 Å². The van der Waals surface area contributed by atoms with Crippen molar-refractivity contribution in [2.45, 2.75) is 127 Å². The van der Waals surface area contributed by atoms with Crippen LogP contribution in [0, 0.1) is 0 Å². The van der Waals surface area contributed by atoms with Crippen LogP contribution in [0.4, 0.5) is 0 Å². The van der Waals surface area contributed by atoms with Gasteiger partial charge in [-0.05, 0) is 38.2 Å². The van der Waals surface area contributed by atoms with Crippen LogP contribution in [-0.2, 0) is 17.0 Å². The van der Waals surface area contributed by atoms with E-state index in [1.54, 1.807) is 0 Å². The highest BCUT2D eigenvalue weighted by atomic mass is 16.6. The fourth-order valence-corrected chi connectivity index (χ4v) is 4.95. The van der Waals surface area contributed by atoms with Crippen molar-refractivity contribution in [3.05, 3.63) is 57.9 Å². The van der Waals surface area contributed by atoms with Crippen LogP contribution in [0.25, 0.3) is 0 Å². The zero-order chi connectivity index (χ0) is 27.1. The van der Waals surface area contributed by atoms with Crippen molar-refractivity contribution in [3.8, 4) is 0 Å². The van der Waals surface area contributed by atoms with Crippen molar-refractivity contribution >= 4 is 0 Å². The standard InChI is InChI=1S/C29H48N2O6/c1-3-5-6-7-8-9-10-11-12-13-14-15-16-17-18-19-21-30-25(33)20-22-31(28(30)36)29(4-2)27(35)26(34)24(23-32)37-29/h4,11-12,20,22,24,26-27,32,34-35H,2-3,5-10,13-19,21,23H2,1H3/b12-11-/t24-,26-,27-,29-/m1/s1. The summed E-state index contributed by atoms with van der Waals surface area (Å²) in [5, 5.41) is 30.2. The van der Waals surface area contributed by atoms with Crippen LogP contribution in [0.3, 0.4) is 0 Å². The SMILES string of the molecule is C=C[C@@]1(n2ccc(=O)n(CCCCCCCC/C=C\CCCCCCCC)c2=O)O[C@H](CO)[C@@H](O)[C@H]1O. The Kier molecular flexibility index (Phi) is 14.1. The number of rotatable bonds is 19. The highest BCUT2D eigenvalue weighted by Gasteiger charge is 2.54. The first kappa shape index (κ1) is 31.2. The van der Waals surface area contributed by atoms with Crippen LogP contribution in [0.2, 0.25) is 0 Å². The average Bonchev–Trinajstić information content (AvgIpc) is 3.15. The molecule has 0 aliphatic carbocycles. The number of ether oxygens (including phenoxy) is 1. The smallest absolute Gasteiger partial charge is 0.333 e. The molecule has 1 saturated heterocycles. The van der Waals surface area contributed by atoms with E-state index in [4.69, 9.17) is 4.74 Å². The number of hydrogen-bond donors (Lipinski definition) is 3. The van der Waals surface area contributed by atoms with Gasteiger partial charge in [-0.3, -0.25) is 13.9 Å². The second-order valence-corrected chi connectivity index (χ2v) is 10.1. The van der Waals surface area contributed by atoms with Gasteiger partial charge in [0.2, 0.25) is 0 Å². The number of unbranched alkanes of at least 4 members (excludes halogenated alkanes) is 12. The molecule has 2 heterocycles. The highest BCUT2D eigenvalue weighted by Crippen LogP contribution is 2.35. The van der Waals surface area contributed by atoms with Gasteiger partial charge in [0.25, 0.3) is 5.56 Å². The van der Waals surface area contributed by atoms with Gasteiger partial charge in [-0.15, -0.1) is 0 Å². The number of aliphatic hydroxyl groups is 3. The number of allylic oxidation sites excluding steroid dienone is 2. The largest absolute Gasteiger partial charge is 0.394 e. The average molecular weight is 521 g/mol. The Morgan fingerprint density at radius 3 is 2.05 bits per heavy atom. The molecule has 4 atom stereocenters. The molecule has 0 radical (unpaired) electrons. The molecule has 1 fully saturated rings. The van der Waals surface area contributed by atoms with Gasteiger partial charge in [-0.1, -0.05) is 83.4 Å². The lowest BCUT2D eigenvalue weighted by Crippen LogP contribution is -2.52. The fraction of sp³-hybridized carbons (Fsp3) is 0.724. The van der Waals surface area contributed by atoms with E-state index in [1.807, 2.05) is 0 Å². The minimum atomic E-state index is -1.76. The normalized spacial score (nSPS) is 23.7. The number of aliphatic hydroxyl groups excluding tert-OH is 3. The van der Waals surface area contributed by atoms with Gasteiger partial charge in [0, 0.05) is 18.8 Å². The highest BCUT2D eigenvalue weighted by molar-refractivity contribution is 5.10. The van der Waals surface area contributed by atoms with Crippen LogP contribution >= 0.6 is 0 Å². The van der Waals surface area contributed by atoms with Crippen LogP contribution in [-0.4, -0.2) is 49.4 Å². The Morgan fingerprint density at radius 1 is 0.946 bits per heavy atom. The molecule has 0 unspecified atom stereocenters. The maximum Gasteiger partial charge on any atom is 0.333 e. The summed E-state index contributed by atoms with van der Waals surface area (Å²) in [5.74, 6) is 0. The summed E-state index contributed by atoms with van der Waals surface area (Å²) in [7, 11) is 0. The number of aromatic nitrogens is 2. The van der Waals surface area contributed by atoms with Gasteiger partial charge in [-0.25, -0.2) is 4.79 Å². The molecule has 37 heavy (non-hydrogen) atoms. The van der Waals surface area contributed by atoms with E-state index in [-0.39, 0.29) is 6.54 Å².